The van der Waals surface area contributed by atoms with Gasteiger partial charge in [0.2, 0.25) is 11.8 Å². The van der Waals surface area contributed by atoms with Crippen LogP contribution in [0.5, 0.6) is 0 Å². The Morgan fingerprint density at radius 1 is 1.33 bits per heavy atom. The van der Waals surface area contributed by atoms with Crippen LogP contribution >= 0.6 is 0 Å². The Morgan fingerprint density at radius 3 is 2.86 bits per heavy atom. The average molecular weight is 290 g/mol. The molecule has 0 bridgehead atoms. The van der Waals surface area contributed by atoms with Gasteiger partial charge in [-0.15, -0.1) is 0 Å². The minimum absolute atomic E-state index is 0.200. The lowest BCUT2D eigenvalue weighted by molar-refractivity contribution is -0.130. The molecule has 6 heteroatoms. The summed E-state index contributed by atoms with van der Waals surface area (Å²) in [5, 5.41) is 4.04. The summed E-state index contributed by atoms with van der Waals surface area (Å²) < 4.78 is 5.27. The molecule has 0 spiro atoms. The minimum Gasteiger partial charge on any atom is -0.343 e. The smallest absolute Gasteiger partial charge is 0.227 e. The van der Waals surface area contributed by atoms with Gasteiger partial charge in [0.15, 0.2) is 5.82 Å². The molecular formula is C15H22N4O2. The highest BCUT2D eigenvalue weighted by Crippen LogP contribution is 2.19. The Balaban J connectivity index is 1.54. The fraction of sp³-hybridized carbons (Fsp3) is 0.667. The fourth-order valence-electron chi connectivity index (χ4n) is 2.80. The number of hydrogen-bond donors (Lipinski definition) is 0. The van der Waals surface area contributed by atoms with Gasteiger partial charge in [-0.1, -0.05) is 11.2 Å². The van der Waals surface area contributed by atoms with Gasteiger partial charge in [0.25, 0.3) is 0 Å². The number of likely N-dealkylation sites (N-methyl/N-ethyl adjacent to an activating group) is 1. The number of nitrogens with zero attached hydrogens (tertiary/aromatic N) is 4. The van der Waals surface area contributed by atoms with E-state index in [4.69, 9.17) is 4.52 Å². The molecule has 1 saturated heterocycles. The van der Waals surface area contributed by atoms with Crippen molar-refractivity contribution in [1.82, 2.24) is 19.9 Å². The standard InChI is InChI=1S/C15H22N4O2/c1-18-10-6-12(7-11-18)15-16-13(21-17-15)4-5-14(20)19-8-2-3-9-19/h6H,2-5,7-11H2,1H3. The number of carbonyl (C=O) groups excluding carboxylic acids is 1. The summed E-state index contributed by atoms with van der Waals surface area (Å²) in [4.78, 5) is 20.6. The van der Waals surface area contributed by atoms with Crippen LogP contribution in [0.2, 0.25) is 0 Å². The summed E-state index contributed by atoms with van der Waals surface area (Å²) in [7, 11) is 2.10. The first-order valence-electron chi connectivity index (χ1n) is 7.70. The second-order valence-corrected chi connectivity index (χ2v) is 5.84. The van der Waals surface area contributed by atoms with Crippen LogP contribution in [0.3, 0.4) is 0 Å². The maximum Gasteiger partial charge on any atom is 0.227 e. The molecule has 0 unspecified atom stereocenters. The summed E-state index contributed by atoms with van der Waals surface area (Å²) in [5.41, 5.74) is 1.15. The number of aryl methyl sites for hydroxylation is 1. The summed E-state index contributed by atoms with van der Waals surface area (Å²) in [5.74, 6) is 1.45. The molecule has 3 rings (SSSR count). The lowest BCUT2D eigenvalue weighted by atomic mass is 10.1. The largest absolute Gasteiger partial charge is 0.343 e. The van der Waals surface area contributed by atoms with Gasteiger partial charge in [-0.2, -0.15) is 4.98 Å². The number of aromatic nitrogens is 2. The summed E-state index contributed by atoms with van der Waals surface area (Å²) in [6, 6.07) is 0. The van der Waals surface area contributed by atoms with Gasteiger partial charge in [-0.25, -0.2) is 0 Å². The van der Waals surface area contributed by atoms with Crippen molar-refractivity contribution in [2.75, 3.05) is 33.2 Å². The Morgan fingerprint density at radius 2 is 2.14 bits per heavy atom. The quantitative estimate of drug-likeness (QED) is 0.837. The van der Waals surface area contributed by atoms with E-state index in [0.29, 0.717) is 24.6 Å². The van der Waals surface area contributed by atoms with E-state index < -0.39 is 0 Å². The van der Waals surface area contributed by atoms with E-state index in [0.717, 1.165) is 51.0 Å². The molecule has 0 radical (unpaired) electrons. The van der Waals surface area contributed by atoms with Crippen molar-refractivity contribution in [3.63, 3.8) is 0 Å². The van der Waals surface area contributed by atoms with Gasteiger partial charge < -0.3 is 14.3 Å². The van der Waals surface area contributed by atoms with E-state index in [2.05, 4.69) is 28.2 Å². The molecule has 0 aliphatic carbocycles. The van der Waals surface area contributed by atoms with E-state index in [1.807, 2.05) is 4.90 Å². The van der Waals surface area contributed by atoms with Crippen LogP contribution in [0.25, 0.3) is 5.57 Å². The first kappa shape index (κ1) is 14.3. The highest BCUT2D eigenvalue weighted by atomic mass is 16.5. The van der Waals surface area contributed by atoms with Crippen molar-refractivity contribution in [2.24, 2.45) is 0 Å². The fourth-order valence-corrected chi connectivity index (χ4v) is 2.80. The normalized spacial score (nSPS) is 19.9. The van der Waals surface area contributed by atoms with Crippen molar-refractivity contribution in [3.8, 4) is 0 Å². The molecule has 21 heavy (non-hydrogen) atoms. The van der Waals surface area contributed by atoms with Crippen LogP contribution in [-0.2, 0) is 11.2 Å². The van der Waals surface area contributed by atoms with Crippen molar-refractivity contribution < 1.29 is 9.32 Å². The van der Waals surface area contributed by atoms with Crippen LogP contribution in [0.15, 0.2) is 10.6 Å². The molecule has 1 aromatic rings. The van der Waals surface area contributed by atoms with Crippen molar-refractivity contribution in [1.29, 1.82) is 0 Å². The first-order valence-corrected chi connectivity index (χ1v) is 7.70. The maximum absolute atomic E-state index is 12.0. The molecule has 2 aliphatic rings. The van der Waals surface area contributed by atoms with E-state index in [1.54, 1.807) is 0 Å². The van der Waals surface area contributed by atoms with E-state index in [1.165, 1.54) is 0 Å². The molecule has 0 saturated carbocycles. The lowest BCUT2D eigenvalue weighted by Gasteiger charge is -2.19. The molecule has 114 valence electrons. The Bertz CT molecular complexity index is 532. The van der Waals surface area contributed by atoms with Gasteiger partial charge in [-0.3, -0.25) is 4.79 Å². The predicted molar refractivity (Wildman–Crippen MR) is 78.5 cm³/mol. The van der Waals surface area contributed by atoms with Crippen molar-refractivity contribution >= 4 is 11.5 Å². The summed E-state index contributed by atoms with van der Waals surface area (Å²) in [6.45, 7) is 3.73. The Hall–Kier alpha value is -1.69. The minimum atomic E-state index is 0.200. The molecule has 1 aromatic heterocycles. The topological polar surface area (TPSA) is 62.5 Å². The van der Waals surface area contributed by atoms with Crippen LogP contribution < -0.4 is 0 Å². The van der Waals surface area contributed by atoms with Crippen LogP contribution in [0, 0.1) is 0 Å². The highest BCUT2D eigenvalue weighted by molar-refractivity contribution is 5.76. The molecule has 1 fully saturated rings. The third-order valence-electron chi connectivity index (χ3n) is 4.18. The zero-order valence-corrected chi connectivity index (χ0v) is 12.5. The van der Waals surface area contributed by atoms with Gasteiger partial charge >= 0.3 is 0 Å². The number of amides is 1. The molecule has 3 heterocycles. The van der Waals surface area contributed by atoms with Crippen LogP contribution in [-0.4, -0.2) is 59.1 Å². The third-order valence-corrected chi connectivity index (χ3v) is 4.18. The maximum atomic E-state index is 12.0. The second kappa shape index (κ2) is 6.39. The van der Waals surface area contributed by atoms with Crippen LogP contribution in [0.1, 0.15) is 37.4 Å². The monoisotopic (exact) mass is 290 g/mol. The third kappa shape index (κ3) is 3.50. The average Bonchev–Trinajstić information content (AvgIpc) is 3.17. The van der Waals surface area contributed by atoms with Gasteiger partial charge in [0, 0.05) is 39.0 Å². The zero-order chi connectivity index (χ0) is 14.7. The van der Waals surface area contributed by atoms with E-state index in [9.17, 15) is 4.79 Å². The zero-order valence-electron chi connectivity index (χ0n) is 12.5. The molecule has 0 N–H and O–H groups in total. The van der Waals surface area contributed by atoms with E-state index in [-0.39, 0.29) is 5.91 Å². The molecule has 2 aliphatic heterocycles. The molecule has 0 aromatic carbocycles. The predicted octanol–water partition coefficient (Wildman–Crippen LogP) is 1.34. The van der Waals surface area contributed by atoms with Gasteiger partial charge in [0.05, 0.1) is 0 Å². The summed E-state index contributed by atoms with van der Waals surface area (Å²) in [6.07, 6.45) is 6.34. The molecule has 6 nitrogen and oxygen atoms in total. The molecular weight excluding hydrogens is 268 g/mol. The number of hydrogen-bond acceptors (Lipinski definition) is 5. The lowest BCUT2D eigenvalue weighted by Crippen LogP contribution is -2.27. The first-order chi connectivity index (χ1) is 10.2. The van der Waals surface area contributed by atoms with E-state index >= 15 is 0 Å². The number of rotatable bonds is 4. The Kier molecular flexibility index (Phi) is 4.34. The van der Waals surface area contributed by atoms with Gasteiger partial charge in [0.1, 0.15) is 0 Å². The van der Waals surface area contributed by atoms with Crippen LogP contribution in [0.4, 0.5) is 0 Å². The van der Waals surface area contributed by atoms with Crippen molar-refractivity contribution in [3.05, 3.63) is 17.8 Å². The van der Waals surface area contributed by atoms with Gasteiger partial charge in [-0.05, 0) is 31.9 Å². The second-order valence-electron chi connectivity index (χ2n) is 5.84. The summed E-state index contributed by atoms with van der Waals surface area (Å²) >= 11 is 0. The number of likely N-dealkylation sites (tertiary alicyclic amines) is 1. The SMILES string of the molecule is CN1CC=C(c2noc(CCC(=O)N3CCCC3)n2)CC1. The molecule has 1 amide bonds. The molecule has 0 atom stereocenters. The number of carbonyl (C=O) groups is 1. The highest BCUT2D eigenvalue weighted by Gasteiger charge is 2.19. The Labute approximate surface area is 124 Å². The van der Waals surface area contributed by atoms with Crippen molar-refractivity contribution in [2.45, 2.75) is 32.1 Å².